The van der Waals surface area contributed by atoms with Gasteiger partial charge in [-0.05, 0) is 49.4 Å². The Balaban J connectivity index is 1.54. The summed E-state index contributed by atoms with van der Waals surface area (Å²) in [6.07, 6.45) is 0. The molecule has 7 heteroatoms. The van der Waals surface area contributed by atoms with Crippen LogP contribution >= 0.6 is 11.6 Å². The van der Waals surface area contributed by atoms with E-state index in [1.165, 1.54) is 0 Å². The summed E-state index contributed by atoms with van der Waals surface area (Å²) in [5.74, 6) is 1.57. The van der Waals surface area contributed by atoms with E-state index in [1.807, 2.05) is 18.2 Å². The third-order valence-electron chi connectivity index (χ3n) is 3.32. The summed E-state index contributed by atoms with van der Waals surface area (Å²) in [5, 5.41) is 4.67. The molecule has 1 heterocycles. The van der Waals surface area contributed by atoms with E-state index < -0.39 is 0 Å². The summed E-state index contributed by atoms with van der Waals surface area (Å²) in [5.41, 5.74) is 3.93. The van der Waals surface area contributed by atoms with Gasteiger partial charge in [0.25, 0.3) is 5.91 Å². The average Bonchev–Trinajstić information content (AvgIpc) is 3.06. The van der Waals surface area contributed by atoms with Crippen molar-refractivity contribution in [3.63, 3.8) is 0 Å². The Morgan fingerprint density at radius 2 is 1.96 bits per heavy atom. The summed E-state index contributed by atoms with van der Waals surface area (Å²) in [7, 11) is 0. The zero-order valence-electron chi connectivity index (χ0n) is 12.9. The minimum Gasteiger partial charge on any atom is -0.484 e. The van der Waals surface area contributed by atoms with Gasteiger partial charge in [-0.1, -0.05) is 11.6 Å². The number of fused-ring (bicyclic) bond motifs is 1. The van der Waals surface area contributed by atoms with E-state index in [0.29, 0.717) is 28.0 Å². The second kappa shape index (κ2) is 7.23. The fraction of sp³-hybridized carbons (Fsp3) is 0.176. The molecular formula is C17H15ClN2O4. The fourth-order valence-corrected chi connectivity index (χ4v) is 2.17. The number of carbonyl (C=O) groups excluding carboxylic acids is 1. The van der Waals surface area contributed by atoms with Crippen molar-refractivity contribution < 1.29 is 19.0 Å². The van der Waals surface area contributed by atoms with E-state index >= 15 is 0 Å². The zero-order chi connectivity index (χ0) is 16.9. The zero-order valence-corrected chi connectivity index (χ0v) is 13.7. The lowest BCUT2D eigenvalue weighted by Gasteiger charge is -2.06. The van der Waals surface area contributed by atoms with Crippen LogP contribution in [0.5, 0.6) is 17.2 Å². The first-order valence-electron chi connectivity index (χ1n) is 7.23. The number of benzene rings is 2. The number of ether oxygens (including phenoxy) is 3. The van der Waals surface area contributed by atoms with Crippen LogP contribution in [0, 0.1) is 0 Å². The smallest absolute Gasteiger partial charge is 0.277 e. The maximum Gasteiger partial charge on any atom is 0.277 e. The quantitative estimate of drug-likeness (QED) is 0.667. The number of amides is 1. The molecule has 0 radical (unpaired) electrons. The maximum atomic E-state index is 11.8. The molecule has 0 aliphatic carbocycles. The van der Waals surface area contributed by atoms with E-state index in [1.54, 1.807) is 31.2 Å². The standard InChI is InChI=1S/C17H15ClN2O4/c1-11(12-2-7-15-16(8-12)24-10-23-15)19-20-17(21)9-22-14-5-3-13(18)4-6-14/h2-8H,9-10H2,1H3,(H,20,21). The Morgan fingerprint density at radius 3 is 2.75 bits per heavy atom. The number of rotatable bonds is 5. The first kappa shape index (κ1) is 16.1. The molecule has 0 unspecified atom stereocenters. The summed E-state index contributed by atoms with van der Waals surface area (Å²) < 4.78 is 15.9. The highest BCUT2D eigenvalue weighted by atomic mass is 35.5. The van der Waals surface area contributed by atoms with Gasteiger partial charge >= 0.3 is 0 Å². The number of hydrogen-bond donors (Lipinski definition) is 1. The molecule has 0 saturated heterocycles. The molecule has 1 N–H and O–H groups in total. The van der Waals surface area contributed by atoms with Crippen LogP contribution < -0.4 is 19.6 Å². The molecule has 1 amide bonds. The predicted octanol–water partition coefficient (Wildman–Crippen LogP) is 2.99. The molecule has 0 atom stereocenters. The van der Waals surface area contributed by atoms with Gasteiger partial charge in [0.2, 0.25) is 6.79 Å². The molecule has 0 bridgehead atoms. The molecule has 6 nitrogen and oxygen atoms in total. The number of nitrogens with zero attached hydrogens (tertiary/aromatic N) is 1. The lowest BCUT2D eigenvalue weighted by molar-refractivity contribution is -0.123. The van der Waals surface area contributed by atoms with Gasteiger partial charge in [0, 0.05) is 10.6 Å². The molecule has 1 aliphatic heterocycles. The first-order valence-corrected chi connectivity index (χ1v) is 7.61. The molecular weight excluding hydrogens is 332 g/mol. The van der Waals surface area contributed by atoms with E-state index in [4.69, 9.17) is 25.8 Å². The number of carbonyl (C=O) groups is 1. The van der Waals surface area contributed by atoms with Crippen molar-refractivity contribution in [3.05, 3.63) is 53.1 Å². The maximum absolute atomic E-state index is 11.8. The Morgan fingerprint density at radius 1 is 1.21 bits per heavy atom. The molecule has 24 heavy (non-hydrogen) atoms. The minimum absolute atomic E-state index is 0.139. The Labute approximate surface area is 144 Å². The summed E-state index contributed by atoms with van der Waals surface area (Å²) in [6, 6.07) is 12.2. The summed E-state index contributed by atoms with van der Waals surface area (Å²) in [4.78, 5) is 11.8. The van der Waals surface area contributed by atoms with Crippen LogP contribution in [-0.4, -0.2) is 25.0 Å². The highest BCUT2D eigenvalue weighted by molar-refractivity contribution is 6.30. The normalized spacial score (nSPS) is 12.8. The van der Waals surface area contributed by atoms with Crippen molar-refractivity contribution in [2.24, 2.45) is 5.10 Å². The van der Waals surface area contributed by atoms with E-state index in [0.717, 1.165) is 5.56 Å². The second-order valence-corrected chi connectivity index (χ2v) is 5.48. The fourth-order valence-electron chi connectivity index (χ4n) is 2.04. The van der Waals surface area contributed by atoms with Gasteiger partial charge in [0.1, 0.15) is 5.75 Å². The van der Waals surface area contributed by atoms with Crippen molar-refractivity contribution in [2.45, 2.75) is 6.92 Å². The Kier molecular flexibility index (Phi) is 4.86. The van der Waals surface area contributed by atoms with Crippen molar-refractivity contribution in [3.8, 4) is 17.2 Å². The lowest BCUT2D eigenvalue weighted by Crippen LogP contribution is -2.25. The molecule has 2 aromatic carbocycles. The lowest BCUT2D eigenvalue weighted by atomic mass is 10.1. The van der Waals surface area contributed by atoms with Gasteiger partial charge in [-0.2, -0.15) is 5.10 Å². The van der Waals surface area contributed by atoms with Crippen LogP contribution in [0.4, 0.5) is 0 Å². The van der Waals surface area contributed by atoms with Gasteiger partial charge in [-0.25, -0.2) is 5.43 Å². The minimum atomic E-state index is -0.356. The molecule has 0 fully saturated rings. The molecule has 124 valence electrons. The molecule has 0 aromatic heterocycles. The van der Waals surface area contributed by atoms with Crippen LogP contribution in [-0.2, 0) is 4.79 Å². The molecule has 1 aliphatic rings. The second-order valence-electron chi connectivity index (χ2n) is 5.04. The Hall–Kier alpha value is -2.73. The molecule has 0 spiro atoms. The highest BCUT2D eigenvalue weighted by Crippen LogP contribution is 2.32. The van der Waals surface area contributed by atoms with Gasteiger partial charge in [0.05, 0.1) is 5.71 Å². The molecule has 0 saturated carbocycles. The largest absolute Gasteiger partial charge is 0.484 e. The number of nitrogens with one attached hydrogen (secondary N) is 1. The van der Waals surface area contributed by atoms with Gasteiger partial charge < -0.3 is 14.2 Å². The van der Waals surface area contributed by atoms with Crippen molar-refractivity contribution in [1.29, 1.82) is 0 Å². The summed E-state index contributed by atoms with van der Waals surface area (Å²) >= 11 is 5.78. The topological polar surface area (TPSA) is 69.2 Å². The van der Waals surface area contributed by atoms with Gasteiger partial charge in [-0.3, -0.25) is 4.79 Å². The predicted molar refractivity (Wildman–Crippen MR) is 89.9 cm³/mol. The third kappa shape index (κ3) is 3.97. The van der Waals surface area contributed by atoms with E-state index in [9.17, 15) is 4.79 Å². The number of hydrogen-bond acceptors (Lipinski definition) is 5. The van der Waals surface area contributed by atoms with Crippen LogP contribution in [0.1, 0.15) is 12.5 Å². The van der Waals surface area contributed by atoms with Crippen LogP contribution in [0.2, 0.25) is 5.02 Å². The highest BCUT2D eigenvalue weighted by Gasteiger charge is 2.14. The van der Waals surface area contributed by atoms with Crippen molar-refractivity contribution >= 4 is 23.2 Å². The first-order chi connectivity index (χ1) is 11.6. The van der Waals surface area contributed by atoms with E-state index in [-0.39, 0.29) is 19.3 Å². The van der Waals surface area contributed by atoms with E-state index in [2.05, 4.69) is 10.5 Å². The van der Waals surface area contributed by atoms with Crippen molar-refractivity contribution in [2.75, 3.05) is 13.4 Å². The third-order valence-corrected chi connectivity index (χ3v) is 3.57. The van der Waals surface area contributed by atoms with Gasteiger partial charge in [-0.15, -0.1) is 0 Å². The van der Waals surface area contributed by atoms with Crippen LogP contribution in [0.25, 0.3) is 0 Å². The van der Waals surface area contributed by atoms with Crippen LogP contribution in [0.3, 0.4) is 0 Å². The van der Waals surface area contributed by atoms with Gasteiger partial charge in [0.15, 0.2) is 18.1 Å². The number of hydrazone groups is 1. The van der Waals surface area contributed by atoms with Crippen molar-refractivity contribution in [1.82, 2.24) is 5.43 Å². The monoisotopic (exact) mass is 346 g/mol. The average molecular weight is 347 g/mol. The number of halogens is 1. The SMILES string of the molecule is CC(=NNC(=O)COc1ccc(Cl)cc1)c1ccc2c(c1)OCO2. The Bertz CT molecular complexity index is 775. The summed E-state index contributed by atoms with van der Waals surface area (Å²) in [6.45, 7) is 1.87. The van der Waals surface area contributed by atoms with Crippen LogP contribution in [0.15, 0.2) is 47.6 Å². The molecule has 3 rings (SSSR count). The molecule has 2 aromatic rings.